The zero-order valence-corrected chi connectivity index (χ0v) is 11.1. The third kappa shape index (κ3) is 4.67. The Bertz CT molecular complexity index is 555. The van der Waals surface area contributed by atoms with Gasteiger partial charge in [0, 0.05) is 0 Å². The minimum atomic E-state index is -5.28. The number of ether oxygens (including phenoxy) is 3. The summed E-state index contributed by atoms with van der Waals surface area (Å²) < 4.78 is 87.4. The molecular formula is C11H9F6NO4. The van der Waals surface area contributed by atoms with E-state index in [2.05, 4.69) is 19.2 Å². The topological polar surface area (TPSA) is 57.7 Å². The molecule has 0 aliphatic rings. The number of alkyl halides is 6. The standard InChI is InChI=1S/C11H9F6NO4/c1-20-7(19)4-5-3-6(10(12,13)14)8(21-2)9(18-5)22-11(15,16)17/h3H,4H2,1-2H3. The highest BCUT2D eigenvalue weighted by molar-refractivity contribution is 5.72. The van der Waals surface area contributed by atoms with Crippen LogP contribution in [0.3, 0.4) is 0 Å². The number of esters is 1. The molecule has 0 N–H and O–H groups in total. The number of rotatable bonds is 4. The van der Waals surface area contributed by atoms with E-state index in [1.54, 1.807) is 0 Å². The van der Waals surface area contributed by atoms with Crippen molar-refractivity contribution in [3.63, 3.8) is 0 Å². The number of pyridine rings is 1. The summed E-state index contributed by atoms with van der Waals surface area (Å²) in [6, 6.07) is 0.388. The van der Waals surface area contributed by atoms with E-state index in [4.69, 9.17) is 0 Å². The van der Waals surface area contributed by atoms with Crippen molar-refractivity contribution in [2.24, 2.45) is 0 Å². The van der Waals surface area contributed by atoms with Gasteiger partial charge in [-0.05, 0) is 6.07 Å². The first-order valence-corrected chi connectivity index (χ1v) is 5.45. The van der Waals surface area contributed by atoms with Crippen LogP contribution in [0.4, 0.5) is 26.3 Å². The van der Waals surface area contributed by atoms with Crippen LogP contribution in [0.1, 0.15) is 11.3 Å². The van der Waals surface area contributed by atoms with Gasteiger partial charge in [-0.15, -0.1) is 13.2 Å². The maximum absolute atomic E-state index is 12.9. The second kappa shape index (κ2) is 6.28. The predicted octanol–water partition coefficient (Wildman–Crippen LogP) is 2.72. The Hall–Kier alpha value is -2.20. The van der Waals surface area contributed by atoms with Crippen molar-refractivity contribution in [3.8, 4) is 11.6 Å². The molecule has 1 rings (SSSR count). The van der Waals surface area contributed by atoms with Crippen LogP contribution in [-0.2, 0) is 22.1 Å². The monoisotopic (exact) mass is 333 g/mol. The summed E-state index contributed by atoms with van der Waals surface area (Å²) in [7, 11) is 1.69. The van der Waals surface area contributed by atoms with E-state index in [9.17, 15) is 31.1 Å². The average Bonchev–Trinajstić information content (AvgIpc) is 2.35. The molecule has 0 bridgehead atoms. The third-order valence-electron chi connectivity index (χ3n) is 2.27. The van der Waals surface area contributed by atoms with Crippen LogP contribution in [0.25, 0.3) is 0 Å². The highest BCUT2D eigenvalue weighted by Crippen LogP contribution is 2.42. The van der Waals surface area contributed by atoms with E-state index >= 15 is 0 Å². The summed E-state index contributed by atoms with van der Waals surface area (Å²) in [4.78, 5) is 14.3. The van der Waals surface area contributed by atoms with Crippen molar-refractivity contribution in [2.45, 2.75) is 19.0 Å². The van der Waals surface area contributed by atoms with Gasteiger partial charge >= 0.3 is 18.5 Å². The first-order valence-electron chi connectivity index (χ1n) is 5.45. The van der Waals surface area contributed by atoms with Gasteiger partial charge in [-0.1, -0.05) is 0 Å². The molecule has 0 spiro atoms. The zero-order valence-electron chi connectivity index (χ0n) is 11.1. The second-order valence-electron chi connectivity index (χ2n) is 3.80. The molecular weight excluding hydrogens is 324 g/mol. The van der Waals surface area contributed by atoms with Crippen molar-refractivity contribution >= 4 is 5.97 Å². The molecule has 0 amide bonds. The number of hydrogen-bond donors (Lipinski definition) is 0. The minimum absolute atomic E-state index is 0.388. The lowest BCUT2D eigenvalue weighted by Crippen LogP contribution is -2.21. The second-order valence-corrected chi connectivity index (χ2v) is 3.80. The van der Waals surface area contributed by atoms with E-state index in [1.807, 2.05) is 0 Å². The Morgan fingerprint density at radius 3 is 2.18 bits per heavy atom. The lowest BCUT2D eigenvalue weighted by molar-refractivity contribution is -0.276. The molecule has 1 heterocycles. The summed E-state index contributed by atoms with van der Waals surface area (Å²) in [5.41, 5.74) is -2.16. The average molecular weight is 333 g/mol. The van der Waals surface area contributed by atoms with Crippen LogP contribution in [0.2, 0.25) is 0 Å². The Labute approximate surface area is 119 Å². The molecule has 0 fully saturated rings. The Kier molecular flexibility index (Phi) is 5.09. The molecule has 11 heteroatoms. The molecule has 0 saturated heterocycles. The van der Waals surface area contributed by atoms with E-state index in [-0.39, 0.29) is 0 Å². The van der Waals surface area contributed by atoms with Crippen LogP contribution >= 0.6 is 0 Å². The number of halogens is 6. The van der Waals surface area contributed by atoms with E-state index in [0.717, 1.165) is 14.2 Å². The normalized spacial score (nSPS) is 12.0. The van der Waals surface area contributed by atoms with Crippen LogP contribution < -0.4 is 9.47 Å². The molecule has 1 aromatic heterocycles. The third-order valence-corrected chi connectivity index (χ3v) is 2.27. The van der Waals surface area contributed by atoms with Gasteiger partial charge in [0.1, 0.15) is 5.56 Å². The van der Waals surface area contributed by atoms with E-state index in [0.29, 0.717) is 6.07 Å². The van der Waals surface area contributed by atoms with Gasteiger partial charge in [0.15, 0.2) is 5.75 Å². The quantitative estimate of drug-likeness (QED) is 0.626. The predicted molar refractivity (Wildman–Crippen MR) is 58.2 cm³/mol. The first kappa shape index (κ1) is 17.9. The number of hydrogen-bond acceptors (Lipinski definition) is 5. The molecule has 22 heavy (non-hydrogen) atoms. The molecule has 0 atom stereocenters. The summed E-state index contributed by atoms with van der Waals surface area (Å²) >= 11 is 0. The molecule has 0 aliphatic carbocycles. The maximum atomic E-state index is 12.9. The van der Waals surface area contributed by atoms with Crippen LogP contribution in [0.5, 0.6) is 11.6 Å². The van der Waals surface area contributed by atoms with Crippen LogP contribution in [-0.4, -0.2) is 31.5 Å². The number of nitrogens with zero attached hydrogens (tertiary/aromatic N) is 1. The number of carbonyl (C=O) groups is 1. The molecule has 124 valence electrons. The fourth-order valence-electron chi connectivity index (χ4n) is 1.46. The van der Waals surface area contributed by atoms with Gasteiger partial charge in [0.2, 0.25) is 0 Å². The van der Waals surface area contributed by atoms with E-state index in [1.165, 1.54) is 0 Å². The van der Waals surface area contributed by atoms with Crippen LogP contribution in [0, 0.1) is 0 Å². The van der Waals surface area contributed by atoms with Gasteiger partial charge in [-0.25, -0.2) is 4.98 Å². The molecule has 1 aromatic rings. The molecule has 5 nitrogen and oxygen atoms in total. The SMILES string of the molecule is COC(=O)Cc1cc(C(F)(F)F)c(OC)c(OC(F)(F)F)n1. The zero-order chi connectivity index (χ0) is 17.1. The summed E-state index contributed by atoms with van der Waals surface area (Å²) in [5.74, 6) is -3.66. The van der Waals surface area contributed by atoms with Gasteiger partial charge in [0.05, 0.1) is 26.3 Å². The number of methoxy groups -OCH3 is 2. The van der Waals surface area contributed by atoms with E-state index < -0.39 is 47.8 Å². The van der Waals surface area contributed by atoms with Gasteiger partial charge < -0.3 is 14.2 Å². The van der Waals surface area contributed by atoms with Crippen molar-refractivity contribution in [3.05, 3.63) is 17.3 Å². The smallest absolute Gasteiger partial charge is 0.491 e. The lowest BCUT2D eigenvalue weighted by atomic mass is 10.1. The molecule has 0 aromatic carbocycles. The van der Waals surface area contributed by atoms with Crippen molar-refractivity contribution in [2.75, 3.05) is 14.2 Å². The molecule has 0 radical (unpaired) electrons. The summed E-state index contributed by atoms with van der Waals surface area (Å²) in [5, 5.41) is 0. The number of carbonyl (C=O) groups excluding carboxylic acids is 1. The first-order chi connectivity index (χ1) is 9.97. The number of aromatic nitrogens is 1. The van der Waals surface area contributed by atoms with Crippen molar-refractivity contribution in [1.82, 2.24) is 4.98 Å². The Morgan fingerprint density at radius 2 is 1.77 bits per heavy atom. The minimum Gasteiger partial charge on any atom is -0.491 e. The Morgan fingerprint density at radius 1 is 1.18 bits per heavy atom. The molecule has 0 unspecified atom stereocenters. The summed E-state index contributed by atoms with van der Waals surface area (Å²) in [6.07, 6.45) is -11.1. The lowest BCUT2D eigenvalue weighted by Gasteiger charge is -2.17. The maximum Gasteiger partial charge on any atom is 0.574 e. The van der Waals surface area contributed by atoms with Crippen LogP contribution in [0.15, 0.2) is 6.07 Å². The Balaban J connectivity index is 3.44. The van der Waals surface area contributed by atoms with Gasteiger partial charge in [-0.3, -0.25) is 4.79 Å². The van der Waals surface area contributed by atoms with Gasteiger partial charge in [0.25, 0.3) is 5.88 Å². The fourth-order valence-corrected chi connectivity index (χ4v) is 1.46. The molecule has 0 saturated carbocycles. The highest BCUT2D eigenvalue weighted by Gasteiger charge is 2.40. The van der Waals surface area contributed by atoms with Gasteiger partial charge in [-0.2, -0.15) is 13.2 Å². The fraction of sp³-hybridized carbons (Fsp3) is 0.455. The van der Waals surface area contributed by atoms with Crippen molar-refractivity contribution in [1.29, 1.82) is 0 Å². The van der Waals surface area contributed by atoms with Crippen molar-refractivity contribution < 1.29 is 45.3 Å². The highest BCUT2D eigenvalue weighted by atomic mass is 19.4. The molecule has 0 aliphatic heterocycles. The summed E-state index contributed by atoms with van der Waals surface area (Å²) in [6.45, 7) is 0. The largest absolute Gasteiger partial charge is 0.574 e.